The maximum Gasteiger partial charge on any atom is 0.229 e. The molecule has 132 heavy (non-hydrogen) atoms. The summed E-state index contributed by atoms with van der Waals surface area (Å²) < 4.78 is 18.7. The van der Waals surface area contributed by atoms with Crippen molar-refractivity contribution >= 4 is 0 Å². The van der Waals surface area contributed by atoms with E-state index >= 15 is 0 Å². The second-order valence-electron chi connectivity index (χ2n) is 36.4. The number of nitrogens with zero attached hydrogens (tertiary/aromatic N) is 8. The molecule has 0 spiro atoms. The summed E-state index contributed by atoms with van der Waals surface area (Å²) in [6.07, 6.45) is 13.4. The lowest BCUT2D eigenvalue weighted by Crippen LogP contribution is -2.31. The van der Waals surface area contributed by atoms with E-state index in [1.165, 1.54) is 213 Å². The largest absolute Gasteiger partial charge is 0.311 e. The van der Waals surface area contributed by atoms with Gasteiger partial charge in [-0.2, -0.15) is 18.3 Å². The van der Waals surface area contributed by atoms with E-state index in [4.69, 9.17) is 0 Å². The van der Waals surface area contributed by atoms with Gasteiger partial charge in [-0.05, 0) is 241 Å². The van der Waals surface area contributed by atoms with E-state index in [9.17, 15) is 0 Å². The Balaban J connectivity index is 0.000000129. The molecule has 0 radical (unpaired) electrons. The van der Waals surface area contributed by atoms with Crippen molar-refractivity contribution in [2.45, 2.75) is 122 Å². The van der Waals surface area contributed by atoms with E-state index in [1.54, 1.807) is 0 Å². The third kappa shape index (κ3) is 19.1. The zero-order valence-corrected chi connectivity index (χ0v) is 80.3. The van der Waals surface area contributed by atoms with E-state index < -0.39 is 0 Å². The second-order valence-corrected chi connectivity index (χ2v) is 36.4. The standard InChI is InChI=1S/C35H29N2.C35H37N2.2C27H29N2/c1-26-23-24-37(34(26)33-22-21-30(25-36(33)2)27-13-6-3-7-14-27)35-31(28-15-8-4-9-16-28)19-12-20-32(35)29-17-10-5-11-18-29;1-24(2)31-21-30(28-15-11-8-12-16-28)22-32(25(3)4)35(31)37-20-19-26(5)34(37)33-18-17-29(23-36(33)6)27-13-9-7-10-14-27;1-18-14-19(2)26(20(3)15-18)29-22(5)16-21(4)27(29)25-13-12-24(17-28(25)6)23-10-8-7-9-11-23;1-19(2)24-13-9-10-14-25(24)29-21(4)17-20(3)27(29)26-16-15-23(18-28(26)5)22-11-7-6-8-12-22/h3-25H,1-2H3;7-25H,1-6H3;7-17H,1-6H3;6-19H,1-5H3/q4*+1. The Morgan fingerprint density at radius 3 is 0.848 bits per heavy atom. The van der Waals surface area contributed by atoms with Crippen LogP contribution in [0.2, 0.25) is 0 Å². The summed E-state index contributed by atoms with van der Waals surface area (Å²) in [5, 5.41) is 0. The molecule has 11 aromatic carbocycles. The molecule has 19 aromatic rings. The first kappa shape index (κ1) is 90.5. The Morgan fingerprint density at radius 1 is 0.212 bits per heavy atom. The lowest BCUT2D eigenvalue weighted by molar-refractivity contribution is -0.660. The van der Waals surface area contributed by atoms with Gasteiger partial charge >= 0.3 is 0 Å². The zero-order valence-electron chi connectivity index (χ0n) is 80.3. The van der Waals surface area contributed by atoms with Crippen molar-refractivity contribution in [2.24, 2.45) is 28.2 Å². The third-order valence-corrected chi connectivity index (χ3v) is 25.7. The first-order valence-corrected chi connectivity index (χ1v) is 46.5. The van der Waals surface area contributed by atoms with Crippen LogP contribution in [0.3, 0.4) is 0 Å². The smallest absolute Gasteiger partial charge is 0.229 e. The van der Waals surface area contributed by atoms with Crippen LogP contribution in [0.25, 0.3) is 146 Å². The highest BCUT2D eigenvalue weighted by Gasteiger charge is 2.30. The monoisotopic (exact) mass is 1720 g/mol. The summed E-state index contributed by atoms with van der Waals surface area (Å²) in [5.74, 6) is 1.25. The summed E-state index contributed by atoms with van der Waals surface area (Å²) in [4.78, 5) is 0. The Kier molecular flexibility index (Phi) is 27.4. The molecule has 8 nitrogen and oxygen atoms in total. The maximum atomic E-state index is 2.44. The average Bonchev–Trinajstić information content (AvgIpc) is 1.50. The average molecular weight is 1730 g/mol. The van der Waals surface area contributed by atoms with Gasteiger partial charge in [-0.3, -0.25) is 0 Å². The molecule has 8 aromatic heterocycles. The zero-order chi connectivity index (χ0) is 92.5. The Bertz CT molecular complexity index is 7160. The first-order chi connectivity index (χ1) is 63.9. The second kappa shape index (κ2) is 40.0. The van der Waals surface area contributed by atoms with Gasteiger partial charge in [-0.15, -0.1) is 0 Å². The molecule has 0 saturated heterocycles. The Hall–Kier alpha value is -14.9. The van der Waals surface area contributed by atoms with Crippen molar-refractivity contribution < 1.29 is 18.3 Å². The highest BCUT2D eigenvalue weighted by molar-refractivity contribution is 5.87. The van der Waals surface area contributed by atoms with Crippen LogP contribution in [0.1, 0.15) is 126 Å². The number of aromatic nitrogens is 8. The van der Waals surface area contributed by atoms with Crippen molar-refractivity contribution in [2.75, 3.05) is 0 Å². The third-order valence-electron chi connectivity index (χ3n) is 25.7. The summed E-state index contributed by atoms with van der Waals surface area (Å²) >= 11 is 0. The van der Waals surface area contributed by atoms with Gasteiger partial charge < -0.3 is 18.3 Å². The van der Waals surface area contributed by atoms with Gasteiger partial charge in [0.25, 0.3) is 0 Å². The predicted molar refractivity (Wildman–Crippen MR) is 552 cm³/mol. The summed E-state index contributed by atoms with van der Waals surface area (Å²) in [6.45, 7) is 33.6. The van der Waals surface area contributed by atoms with Gasteiger partial charge in [-0.1, -0.05) is 308 Å². The van der Waals surface area contributed by atoms with E-state index in [2.05, 4.69) is 558 Å². The van der Waals surface area contributed by atoms with Crippen molar-refractivity contribution in [3.05, 3.63) is 456 Å². The first-order valence-electron chi connectivity index (χ1n) is 46.5. The molecule has 0 aliphatic heterocycles. The normalized spacial score (nSPS) is 11.2. The number of rotatable bonds is 18. The van der Waals surface area contributed by atoms with E-state index in [0.29, 0.717) is 17.8 Å². The predicted octanol–water partition coefficient (Wildman–Crippen LogP) is 29.7. The van der Waals surface area contributed by atoms with Crippen molar-refractivity contribution in [3.8, 4) is 146 Å². The molecule has 0 N–H and O–H groups in total. The van der Waals surface area contributed by atoms with Crippen LogP contribution in [0.5, 0.6) is 0 Å². The van der Waals surface area contributed by atoms with Gasteiger partial charge in [0.15, 0.2) is 24.8 Å². The fourth-order valence-corrected chi connectivity index (χ4v) is 19.4. The molecule has 0 aliphatic carbocycles. The molecule has 0 unspecified atom stereocenters. The Morgan fingerprint density at radius 2 is 0.508 bits per heavy atom. The van der Waals surface area contributed by atoms with Crippen molar-refractivity contribution in [3.63, 3.8) is 0 Å². The van der Waals surface area contributed by atoms with Crippen LogP contribution in [0.15, 0.2) is 389 Å². The molecule has 656 valence electrons. The minimum Gasteiger partial charge on any atom is -0.311 e. The topological polar surface area (TPSA) is 35.2 Å². The van der Waals surface area contributed by atoms with Crippen LogP contribution in [0, 0.1) is 62.3 Å². The van der Waals surface area contributed by atoms with Crippen LogP contribution in [0.4, 0.5) is 0 Å². The summed E-state index contributed by atoms with van der Waals surface area (Å²) in [6, 6.07) is 126. The molecule has 0 bridgehead atoms. The number of hydrogen-bond donors (Lipinski definition) is 0. The lowest BCUT2D eigenvalue weighted by atomic mass is 9.88. The lowest BCUT2D eigenvalue weighted by Gasteiger charge is -2.24. The van der Waals surface area contributed by atoms with Crippen molar-refractivity contribution in [1.29, 1.82) is 0 Å². The van der Waals surface area contributed by atoms with Crippen LogP contribution >= 0.6 is 0 Å². The highest BCUT2D eigenvalue weighted by atomic mass is 15.1. The van der Waals surface area contributed by atoms with Gasteiger partial charge in [0.05, 0.1) is 17.1 Å². The van der Waals surface area contributed by atoms with Crippen LogP contribution < -0.4 is 18.3 Å². The van der Waals surface area contributed by atoms with Gasteiger partial charge in [0.2, 0.25) is 22.8 Å². The van der Waals surface area contributed by atoms with Crippen LogP contribution in [-0.2, 0) is 28.2 Å². The highest BCUT2D eigenvalue weighted by Crippen LogP contribution is 2.44. The molecule has 8 heterocycles. The molecule has 19 rings (SSSR count). The number of pyridine rings is 4. The molecule has 0 amide bonds. The van der Waals surface area contributed by atoms with Crippen LogP contribution in [-0.4, -0.2) is 18.3 Å². The minimum absolute atomic E-state index is 0.390. The summed E-state index contributed by atoms with van der Waals surface area (Å²) in [7, 11) is 8.58. The molecule has 0 aliphatic rings. The van der Waals surface area contributed by atoms with E-state index in [1.807, 2.05) is 0 Å². The quantitative estimate of drug-likeness (QED) is 0.0768. The number of benzene rings is 11. The van der Waals surface area contributed by atoms with E-state index in [0.717, 1.165) is 0 Å². The molecule has 0 fully saturated rings. The summed E-state index contributed by atoms with van der Waals surface area (Å²) in [5.41, 5.74) is 47.8. The Labute approximate surface area is 783 Å². The molecular formula is C124H124N8+4. The van der Waals surface area contributed by atoms with Gasteiger partial charge in [0.1, 0.15) is 51.0 Å². The minimum atomic E-state index is 0.390. The maximum absolute atomic E-state index is 2.44. The van der Waals surface area contributed by atoms with Gasteiger partial charge in [-0.25, -0.2) is 0 Å². The number of aryl methyl sites for hydroxylation is 13. The van der Waals surface area contributed by atoms with Crippen molar-refractivity contribution in [1.82, 2.24) is 18.3 Å². The molecule has 8 heteroatoms. The fourth-order valence-electron chi connectivity index (χ4n) is 19.4. The molecular weight excluding hydrogens is 1600 g/mol. The van der Waals surface area contributed by atoms with Gasteiger partial charge in [0, 0.05) is 87.1 Å². The molecule has 0 atom stereocenters. The SMILES string of the molecule is Cc1cc(C)c(-n2c(C)cc(C)c2-c2ccc(-c3ccccc3)c[n+]2C)c(C)c1.Cc1cc(C)n(-c2ccccc2C(C)C)c1-c1ccc(-c2ccccc2)c[n+]1C.Cc1ccn(-c2c(-c3ccccc3)cccc2-c2ccccc2)c1-c1ccc(-c2ccccc2)c[n+]1C.Cc1ccn(-c2c(C(C)C)cc(-c3ccccc3)cc2C(C)C)c1-c1ccc(-c2ccccc2)c[n+]1C. The number of hydrogen-bond acceptors (Lipinski definition) is 0. The fraction of sp³-hybridized carbons (Fsp3) is 0.177. The number of para-hydroxylation sites is 2. The molecule has 0 saturated carbocycles. The van der Waals surface area contributed by atoms with E-state index in [-0.39, 0.29) is 0 Å².